The second-order valence-electron chi connectivity index (χ2n) is 5.35. The molecule has 4 heteroatoms. The highest BCUT2D eigenvalue weighted by Gasteiger charge is 2.21. The van der Waals surface area contributed by atoms with E-state index in [4.69, 9.17) is 4.74 Å². The Morgan fingerprint density at radius 1 is 1.25 bits per heavy atom. The molecule has 0 unspecified atom stereocenters. The molecule has 1 saturated carbocycles. The van der Waals surface area contributed by atoms with E-state index in [0.717, 1.165) is 18.3 Å². The van der Waals surface area contributed by atoms with Crippen LogP contribution in [0.15, 0.2) is 23.2 Å². The van der Waals surface area contributed by atoms with Crippen molar-refractivity contribution in [3.63, 3.8) is 0 Å². The van der Waals surface area contributed by atoms with Gasteiger partial charge in [-0.1, -0.05) is 6.07 Å². The summed E-state index contributed by atoms with van der Waals surface area (Å²) in [5.74, 6) is 1.83. The van der Waals surface area contributed by atoms with Gasteiger partial charge < -0.3 is 15.4 Å². The number of rotatable bonds is 6. The lowest BCUT2D eigenvalue weighted by molar-refractivity contribution is 0.328. The zero-order valence-corrected chi connectivity index (χ0v) is 12.7. The van der Waals surface area contributed by atoms with E-state index in [9.17, 15) is 0 Å². The molecule has 1 aromatic carbocycles. The van der Waals surface area contributed by atoms with Gasteiger partial charge in [0.2, 0.25) is 0 Å². The van der Waals surface area contributed by atoms with Crippen molar-refractivity contribution >= 4 is 5.96 Å². The van der Waals surface area contributed by atoms with E-state index < -0.39 is 0 Å². The smallest absolute Gasteiger partial charge is 0.191 e. The summed E-state index contributed by atoms with van der Waals surface area (Å²) in [5, 5.41) is 6.65. The molecule has 2 rings (SSSR count). The molecule has 1 aromatic rings. The summed E-state index contributed by atoms with van der Waals surface area (Å²) >= 11 is 0. The molecule has 0 bridgehead atoms. The second kappa shape index (κ2) is 7.17. The number of nitrogens with one attached hydrogen (secondary N) is 2. The monoisotopic (exact) mass is 275 g/mol. The zero-order valence-electron chi connectivity index (χ0n) is 12.7. The molecule has 2 N–H and O–H groups in total. The average Bonchev–Trinajstić information content (AvgIpc) is 3.17. The molecule has 4 nitrogen and oxygen atoms in total. The molecular formula is C16H25N3O. The van der Waals surface area contributed by atoms with Crippen LogP contribution in [-0.2, 0) is 0 Å². The van der Waals surface area contributed by atoms with Crippen LogP contribution >= 0.6 is 0 Å². The fourth-order valence-corrected chi connectivity index (χ4v) is 2.08. The van der Waals surface area contributed by atoms with Gasteiger partial charge in [-0.3, -0.25) is 0 Å². The first-order valence-electron chi connectivity index (χ1n) is 7.43. The van der Waals surface area contributed by atoms with Crippen LogP contribution in [0.3, 0.4) is 0 Å². The van der Waals surface area contributed by atoms with E-state index in [1.807, 2.05) is 0 Å². The van der Waals surface area contributed by atoms with Gasteiger partial charge in [-0.2, -0.15) is 0 Å². The molecule has 0 amide bonds. The lowest BCUT2D eigenvalue weighted by Gasteiger charge is -2.11. The van der Waals surface area contributed by atoms with E-state index in [2.05, 4.69) is 54.6 Å². The fraction of sp³-hybridized carbons (Fsp3) is 0.562. The van der Waals surface area contributed by atoms with Crippen molar-refractivity contribution in [3.05, 3.63) is 29.3 Å². The molecule has 0 spiro atoms. The highest BCUT2D eigenvalue weighted by atomic mass is 16.5. The largest absolute Gasteiger partial charge is 0.492 e. The van der Waals surface area contributed by atoms with Gasteiger partial charge in [-0.25, -0.2) is 4.99 Å². The Morgan fingerprint density at radius 3 is 2.55 bits per heavy atom. The molecule has 1 aliphatic carbocycles. The van der Waals surface area contributed by atoms with Gasteiger partial charge in [0.25, 0.3) is 0 Å². The maximum absolute atomic E-state index is 5.75. The molecule has 1 fully saturated rings. The van der Waals surface area contributed by atoms with Gasteiger partial charge >= 0.3 is 0 Å². The first kappa shape index (κ1) is 14.7. The lowest BCUT2D eigenvalue weighted by Crippen LogP contribution is -2.38. The normalized spacial score (nSPS) is 15.1. The standard InChI is InChI=1S/C16H25N3O/c1-4-17-16(19-14-5-6-14)18-7-8-20-15-10-12(2)9-13(3)11-15/h9-11,14H,4-8H2,1-3H3,(H2,17,18,19). The molecule has 0 radical (unpaired) electrons. The number of hydrogen-bond acceptors (Lipinski definition) is 2. The van der Waals surface area contributed by atoms with Crippen molar-refractivity contribution in [2.45, 2.75) is 39.7 Å². The first-order chi connectivity index (χ1) is 9.67. The van der Waals surface area contributed by atoms with Crippen LogP contribution in [0.4, 0.5) is 0 Å². The third-order valence-electron chi connectivity index (χ3n) is 3.09. The van der Waals surface area contributed by atoms with Crippen LogP contribution in [0.2, 0.25) is 0 Å². The molecule has 20 heavy (non-hydrogen) atoms. The molecule has 0 atom stereocenters. The summed E-state index contributed by atoms with van der Waals surface area (Å²) < 4.78 is 5.75. The maximum Gasteiger partial charge on any atom is 0.191 e. The minimum Gasteiger partial charge on any atom is -0.492 e. The molecule has 0 aliphatic heterocycles. The van der Waals surface area contributed by atoms with Crippen LogP contribution in [0.25, 0.3) is 0 Å². The van der Waals surface area contributed by atoms with Crippen LogP contribution in [-0.4, -0.2) is 31.7 Å². The number of aliphatic imine (C=N–C) groups is 1. The Labute approximate surface area is 121 Å². The molecule has 0 aromatic heterocycles. The third kappa shape index (κ3) is 5.11. The minimum absolute atomic E-state index is 0.601. The van der Waals surface area contributed by atoms with Crippen molar-refractivity contribution in [3.8, 4) is 5.75 Å². The lowest BCUT2D eigenvalue weighted by atomic mass is 10.1. The summed E-state index contributed by atoms with van der Waals surface area (Å²) in [6, 6.07) is 6.89. The Balaban J connectivity index is 1.78. The summed E-state index contributed by atoms with van der Waals surface area (Å²) in [6.07, 6.45) is 2.51. The van der Waals surface area contributed by atoms with Gasteiger partial charge in [0.05, 0.1) is 6.54 Å². The summed E-state index contributed by atoms with van der Waals surface area (Å²) in [4.78, 5) is 4.52. The van der Waals surface area contributed by atoms with Crippen molar-refractivity contribution < 1.29 is 4.74 Å². The summed E-state index contributed by atoms with van der Waals surface area (Å²) in [5.41, 5.74) is 2.46. The molecule has 1 aliphatic rings. The quantitative estimate of drug-likeness (QED) is 0.476. The minimum atomic E-state index is 0.601. The Kier molecular flexibility index (Phi) is 5.27. The van der Waals surface area contributed by atoms with Crippen LogP contribution in [0.1, 0.15) is 30.9 Å². The highest BCUT2D eigenvalue weighted by molar-refractivity contribution is 5.80. The summed E-state index contributed by atoms with van der Waals surface area (Å²) in [6.45, 7) is 8.40. The number of ether oxygens (including phenoxy) is 1. The van der Waals surface area contributed by atoms with Crippen molar-refractivity contribution in [1.29, 1.82) is 0 Å². The van der Waals surface area contributed by atoms with Gasteiger partial charge in [-0.05, 0) is 56.9 Å². The Morgan fingerprint density at radius 2 is 1.95 bits per heavy atom. The molecule has 110 valence electrons. The van der Waals surface area contributed by atoms with E-state index in [1.165, 1.54) is 24.0 Å². The number of aryl methyl sites for hydroxylation is 2. The maximum atomic E-state index is 5.75. The van der Waals surface area contributed by atoms with E-state index in [0.29, 0.717) is 19.2 Å². The molecule has 0 heterocycles. The Bertz CT molecular complexity index is 447. The second-order valence-corrected chi connectivity index (χ2v) is 5.35. The van der Waals surface area contributed by atoms with E-state index in [1.54, 1.807) is 0 Å². The third-order valence-corrected chi connectivity index (χ3v) is 3.09. The average molecular weight is 275 g/mol. The number of hydrogen-bond donors (Lipinski definition) is 2. The number of nitrogens with zero attached hydrogens (tertiary/aromatic N) is 1. The van der Waals surface area contributed by atoms with Crippen LogP contribution in [0, 0.1) is 13.8 Å². The van der Waals surface area contributed by atoms with Crippen molar-refractivity contribution in [1.82, 2.24) is 10.6 Å². The van der Waals surface area contributed by atoms with Gasteiger partial charge in [0.1, 0.15) is 12.4 Å². The molecule has 0 saturated heterocycles. The predicted molar refractivity (Wildman–Crippen MR) is 83.5 cm³/mol. The van der Waals surface area contributed by atoms with Gasteiger partial charge in [0.15, 0.2) is 5.96 Å². The highest BCUT2D eigenvalue weighted by Crippen LogP contribution is 2.18. The van der Waals surface area contributed by atoms with Crippen LogP contribution in [0.5, 0.6) is 5.75 Å². The van der Waals surface area contributed by atoms with Gasteiger partial charge in [-0.15, -0.1) is 0 Å². The van der Waals surface area contributed by atoms with Crippen molar-refractivity contribution in [2.75, 3.05) is 19.7 Å². The SMILES string of the molecule is CCNC(=NCCOc1cc(C)cc(C)c1)NC1CC1. The predicted octanol–water partition coefficient (Wildman–Crippen LogP) is 2.40. The first-order valence-corrected chi connectivity index (χ1v) is 7.43. The summed E-state index contributed by atoms with van der Waals surface area (Å²) in [7, 11) is 0. The topological polar surface area (TPSA) is 45.7 Å². The van der Waals surface area contributed by atoms with E-state index in [-0.39, 0.29) is 0 Å². The number of benzene rings is 1. The van der Waals surface area contributed by atoms with Gasteiger partial charge in [0, 0.05) is 12.6 Å². The Hall–Kier alpha value is -1.71. The zero-order chi connectivity index (χ0) is 14.4. The van der Waals surface area contributed by atoms with Crippen LogP contribution < -0.4 is 15.4 Å². The fourth-order valence-electron chi connectivity index (χ4n) is 2.08. The number of guanidine groups is 1. The van der Waals surface area contributed by atoms with E-state index >= 15 is 0 Å². The molecular weight excluding hydrogens is 250 g/mol. The van der Waals surface area contributed by atoms with Crippen molar-refractivity contribution in [2.24, 2.45) is 4.99 Å².